The molecule has 1 aromatic carbocycles. The summed E-state index contributed by atoms with van der Waals surface area (Å²) in [6.45, 7) is 0.855. The van der Waals surface area contributed by atoms with Crippen LogP contribution in [0, 0.1) is 10.1 Å². The zero-order valence-electron chi connectivity index (χ0n) is 14.2. The van der Waals surface area contributed by atoms with Crippen molar-refractivity contribution in [2.75, 3.05) is 31.1 Å². The molecular formula is C15H15ClN4O6S2. The van der Waals surface area contributed by atoms with E-state index in [0.29, 0.717) is 10.0 Å². The Bertz CT molecular complexity index is 1020. The lowest BCUT2D eigenvalue weighted by Gasteiger charge is -2.35. The van der Waals surface area contributed by atoms with Crippen LogP contribution >= 0.6 is 22.9 Å². The second-order valence-corrected chi connectivity index (χ2v) is 9.73. The third kappa shape index (κ3) is 3.95. The summed E-state index contributed by atoms with van der Waals surface area (Å²) in [4.78, 5) is 24.0. The van der Waals surface area contributed by atoms with Gasteiger partial charge in [0.15, 0.2) is 0 Å². The zero-order valence-corrected chi connectivity index (χ0v) is 16.6. The van der Waals surface area contributed by atoms with Crippen LogP contribution in [0.1, 0.15) is 10.4 Å². The number of nitro groups is 1. The number of nitro benzene ring substituents is 1. The van der Waals surface area contributed by atoms with E-state index in [4.69, 9.17) is 16.8 Å². The highest BCUT2D eigenvalue weighted by atomic mass is 35.5. The van der Waals surface area contributed by atoms with Gasteiger partial charge in [0.2, 0.25) is 0 Å². The number of carbonyl (C=O) groups is 1. The van der Waals surface area contributed by atoms with Gasteiger partial charge in [-0.25, -0.2) is 13.9 Å². The van der Waals surface area contributed by atoms with Gasteiger partial charge in [0, 0.05) is 38.3 Å². The number of halogens is 1. The van der Waals surface area contributed by atoms with Gasteiger partial charge in [0.05, 0.1) is 20.5 Å². The molecule has 1 aliphatic heterocycles. The van der Waals surface area contributed by atoms with Crippen LogP contribution < -0.4 is 10.4 Å². The minimum absolute atomic E-state index is 0.0713. The first-order valence-electron chi connectivity index (χ1n) is 7.97. The van der Waals surface area contributed by atoms with Crippen molar-refractivity contribution in [3.63, 3.8) is 0 Å². The van der Waals surface area contributed by atoms with Crippen molar-refractivity contribution in [3.8, 4) is 0 Å². The molecule has 3 rings (SSSR count). The maximum atomic E-state index is 12.7. The van der Waals surface area contributed by atoms with Crippen molar-refractivity contribution in [1.82, 2.24) is 9.79 Å². The number of hydrogen-bond donors (Lipinski definition) is 2. The van der Waals surface area contributed by atoms with Gasteiger partial charge in [0.1, 0.15) is 4.21 Å². The van der Waals surface area contributed by atoms with E-state index >= 15 is 0 Å². The quantitative estimate of drug-likeness (QED) is 0.407. The molecule has 0 bridgehead atoms. The molecule has 1 aliphatic rings. The van der Waals surface area contributed by atoms with E-state index in [1.54, 1.807) is 4.90 Å². The smallest absolute Gasteiger partial charge is 0.276 e. The highest BCUT2D eigenvalue weighted by molar-refractivity contribution is 7.91. The molecule has 0 saturated carbocycles. The molecule has 10 nitrogen and oxygen atoms in total. The molecule has 0 spiro atoms. The average molecular weight is 447 g/mol. The van der Waals surface area contributed by atoms with Crippen LogP contribution in [0.2, 0.25) is 4.34 Å². The lowest BCUT2D eigenvalue weighted by atomic mass is 10.1. The van der Waals surface area contributed by atoms with E-state index in [0.717, 1.165) is 17.4 Å². The molecular weight excluding hydrogens is 432 g/mol. The predicted octanol–water partition coefficient (Wildman–Crippen LogP) is 1.94. The summed E-state index contributed by atoms with van der Waals surface area (Å²) in [6, 6.07) is 6.70. The fourth-order valence-electron chi connectivity index (χ4n) is 2.89. The number of nitrogens with zero attached hydrogens (tertiary/aromatic N) is 3. The number of hydrogen-bond acceptors (Lipinski definition) is 8. The summed E-state index contributed by atoms with van der Waals surface area (Å²) >= 11 is 6.80. The molecule has 1 saturated heterocycles. The molecule has 13 heteroatoms. The number of anilines is 1. The minimum Gasteiger partial charge on any atom is -0.368 e. The fourth-order valence-corrected chi connectivity index (χ4v) is 5.95. The summed E-state index contributed by atoms with van der Waals surface area (Å²) in [5, 5.41) is 19.9. The number of sulfonamides is 1. The monoisotopic (exact) mass is 446 g/mol. The van der Waals surface area contributed by atoms with Gasteiger partial charge in [-0.2, -0.15) is 4.31 Å². The van der Waals surface area contributed by atoms with E-state index in [9.17, 15) is 23.3 Å². The van der Waals surface area contributed by atoms with Crippen molar-refractivity contribution in [1.29, 1.82) is 0 Å². The van der Waals surface area contributed by atoms with Crippen LogP contribution in [-0.2, 0) is 10.0 Å². The van der Waals surface area contributed by atoms with Gasteiger partial charge in [-0.15, -0.1) is 11.3 Å². The molecule has 1 amide bonds. The zero-order chi connectivity index (χ0) is 20.5. The first-order valence-corrected chi connectivity index (χ1v) is 10.6. The average Bonchev–Trinajstić information content (AvgIpc) is 3.14. The number of amides is 1. The highest BCUT2D eigenvalue weighted by Crippen LogP contribution is 2.30. The SMILES string of the molecule is O=C(NO)c1cc([N+](=O)[O-])ccc1N1CCN(S(=O)(=O)c2ccc(Cl)s2)CC1. The van der Waals surface area contributed by atoms with Crippen molar-refractivity contribution in [2.45, 2.75) is 4.21 Å². The molecule has 0 radical (unpaired) electrons. The molecule has 0 aliphatic carbocycles. The Hall–Kier alpha value is -2.25. The molecule has 0 atom stereocenters. The molecule has 2 aromatic rings. The van der Waals surface area contributed by atoms with Crippen LogP contribution in [0.3, 0.4) is 0 Å². The number of carbonyl (C=O) groups excluding carboxylic acids is 1. The third-order valence-electron chi connectivity index (χ3n) is 4.26. The number of rotatable bonds is 5. The van der Waals surface area contributed by atoms with Gasteiger partial charge in [-0.05, 0) is 18.2 Å². The van der Waals surface area contributed by atoms with Crippen LogP contribution in [0.5, 0.6) is 0 Å². The van der Waals surface area contributed by atoms with Crippen molar-refractivity contribution < 1.29 is 23.3 Å². The Morgan fingerprint density at radius 2 is 1.89 bits per heavy atom. The van der Waals surface area contributed by atoms with Crippen LogP contribution in [0.4, 0.5) is 11.4 Å². The Labute approximate surface area is 169 Å². The summed E-state index contributed by atoms with van der Waals surface area (Å²) in [7, 11) is -3.66. The third-order valence-corrected chi connectivity index (χ3v) is 7.86. The van der Waals surface area contributed by atoms with E-state index in [1.165, 1.54) is 34.1 Å². The van der Waals surface area contributed by atoms with Crippen LogP contribution in [0.25, 0.3) is 0 Å². The summed E-state index contributed by atoms with van der Waals surface area (Å²) < 4.78 is 27.2. The summed E-state index contributed by atoms with van der Waals surface area (Å²) in [6.07, 6.45) is 0. The largest absolute Gasteiger partial charge is 0.368 e. The van der Waals surface area contributed by atoms with E-state index < -0.39 is 20.9 Å². The number of non-ortho nitro benzene ring substituents is 1. The fraction of sp³-hybridized carbons (Fsp3) is 0.267. The number of nitrogens with one attached hydrogen (secondary N) is 1. The van der Waals surface area contributed by atoms with Gasteiger partial charge >= 0.3 is 0 Å². The standard InChI is InChI=1S/C15H15ClN4O6S2/c16-13-3-4-14(27-13)28(25,26)19-7-5-18(6-8-19)12-2-1-10(20(23)24)9-11(12)15(21)17-22/h1-4,9,22H,5-8H2,(H,17,21). The highest BCUT2D eigenvalue weighted by Gasteiger charge is 2.31. The number of hydroxylamine groups is 1. The van der Waals surface area contributed by atoms with E-state index in [1.807, 2.05) is 0 Å². The maximum absolute atomic E-state index is 12.7. The Morgan fingerprint density at radius 3 is 2.43 bits per heavy atom. The van der Waals surface area contributed by atoms with Crippen molar-refractivity contribution in [2.24, 2.45) is 0 Å². The molecule has 1 aromatic heterocycles. The van der Waals surface area contributed by atoms with Crippen LogP contribution in [-0.4, -0.2) is 54.9 Å². The minimum atomic E-state index is -3.66. The normalized spacial score (nSPS) is 15.4. The lowest BCUT2D eigenvalue weighted by molar-refractivity contribution is -0.384. The Balaban J connectivity index is 1.81. The number of thiophene rings is 1. The Kier molecular flexibility index (Phi) is 5.86. The molecule has 2 N–H and O–H groups in total. The molecule has 0 unspecified atom stereocenters. The van der Waals surface area contributed by atoms with Crippen molar-refractivity contribution >= 4 is 50.2 Å². The lowest BCUT2D eigenvalue weighted by Crippen LogP contribution is -2.49. The predicted molar refractivity (Wildman–Crippen MR) is 103 cm³/mol. The molecule has 2 heterocycles. The van der Waals surface area contributed by atoms with Gasteiger partial charge < -0.3 is 4.90 Å². The van der Waals surface area contributed by atoms with E-state index in [2.05, 4.69) is 0 Å². The Morgan fingerprint density at radius 1 is 1.21 bits per heavy atom. The van der Waals surface area contributed by atoms with Gasteiger partial charge in [-0.1, -0.05) is 11.6 Å². The number of benzene rings is 1. The van der Waals surface area contributed by atoms with Gasteiger partial charge in [0.25, 0.3) is 21.6 Å². The second kappa shape index (κ2) is 8.01. The molecule has 150 valence electrons. The molecule has 28 heavy (non-hydrogen) atoms. The number of piperazine rings is 1. The van der Waals surface area contributed by atoms with Crippen molar-refractivity contribution in [3.05, 3.63) is 50.3 Å². The topological polar surface area (TPSA) is 133 Å². The van der Waals surface area contributed by atoms with E-state index in [-0.39, 0.29) is 41.6 Å². The van der Waals surface area contributed by atoms with Crippen LogP contribution in [0.15, 0.2) is 34.5 Å². The maximum Gasteiger partial charge on any atom is 0.276 e. The second-order valence-electron chi connectivity index (χ2n) is 5.85. The molecule has 1 fully saturated rings. The summed E-state index contributed by atoms with van der Waals surface area (Å²) in [5.74, 6) is -0.887. The van der Waals surface area contributed by atoms with Gasteiger partial charge in [-0.3, -0.25) is 20.1 Å². The summed E-state index contributed by atoms with van der Waals surface area (Å²) in [5.41, 5.74) is 1.48. The first kappa shape index (κ1) is 20.5. The first-order chi connectivity index (χ1) is 13.2.